The van der Waals surface area contributed by atoms with Crippen LogP contribution in [-0.2, 0) is 9.59 Å². The van der Waals surface area contributed by atoms with Crippen molar-refractivity contribution in [2.24, 2.45) is 0 Å². The molecule has 1 saturated heterocycles. The fourth-order valence-electron chi connectivity index (χ4n) is 3.24. The third-order valence-electron chi connectivity index (χ3n) is 4.63. The first-order valence-electron chi connectivity index (χ1n) is 8.63. The highest BCUT2D eigenvalue weighted by Gasteiger charge is 2.32. The second-order valence-electron chi connectivity index (χ2n) is 6.43. The van der Waals surface area contributed by atoms with Crippen LogP contribution in [0, 0.1) is 0 Å². The Morgan fingerprint density at radius 2 is 1.71 bits per heavy atom. The quantitative estimate of drug-likeness (QED) is 0.654. The second kappa shape index (κ2) is 6.98. The molecule has 6 nitrogen and oxygen atoms in total. The maximum Gasteiger partial charge on any atom is 0.257 e. The minimum Gasteiger partial charge on any atom is -0.506 e. The number of hydrogen-bond acceptors (Lipinski definition) is 4. The smallest absolute Gasteiger partial charge is 0.257 e. The molecule has 1 aliphatic heterocycles. The molecule has 0 unspecified atom stereocenters. The van der Waals surface area contributed by atoms with Gasteiger partial charge in [-0.3, -0.25) is 14.4 Å². The maximum absolute atomic E-state index is 12.6. The van der Waals surface area contributed by atoms with Crippen molar-refractivity contribution >= 4 is 51.5 Å². The Hall–Kier alpha value is -3.38. The molecule has 2 N–H and O–H groups in total. The van der Waals surface area contributed by atoms with Crippen LogP contribution < -0.4 is 10.2 Å². The van der Waals surface area contributed by atoms with Gasteiger partial charge in [0, 0.05) is 30.0 Å². The number of halogens is 1. The van der Waals surface area contributed by atoms with Gasteiger partial charge in [-0.2, -0.15) is 0 Å². The van der Waals surface area contributed by atoms with E-state index in [2.05, 4.69) is 5.32 Å². The fourth-order valence-corrected chi connectivity index (χ4v) is 3.56. The molecule has 1 aliphatic rings. The van der Waals surface area contributed by atoms with Crippen LogP contribution in [0.2, 0.25) is 5.02 Å². The minimum atomic E-state index is -0.434. The number of nitrogens with zero attached hydrogens (tertiary/aromatic N) is 1. The molecule has 0 aliphatic carbocycles. The summed E-state index contributed by atoms with van der Waals surface area (Å²) < 4.78 is 0. The Labute approximate surface area is 165 Å². The number of fused-ring (bicyclic) bond motifs is 1. The van der Waals surface area contributed by atoms with Crippen molar-refractivity contribution in [3.63, 3.8) is 0 Å². The van der Waals surface area contributed by atoms with Gasteiger partial charge in [0.1, 0.15) is 5.75 Å². The molecule has 0 bridgehead atoms. The third kappa shape index (κ3) is 3.08. The molecule has 7 heteroatoms. The Balaban J connectivity index is 1.60. The van der Waals surface area contributed by atoms with E-state index < -0.39 is 5.91 Å². The van der Waals surface area contributed by atoms with Crippen LogP contribution in [0.4, 0.5) is 11.4 Å². The van der Waals surface area contributed by atoms with E-state index in [-0.39, 0.29) is 36.1 Å². The van der Waals surface area contributed by atoms with E-state index in [1.165, 1.54) is 18.2 Å². The highest BCUT2D eigenvalue weighted by molar-refractivity contribution is 6.39. The summed E-state index contributed by atoms with van der Waals surface area (Å²) in [6, 6.07) is 15.1. The number of imide groups is 1. The molecule has 28 heavy (non-hydrogen) atoms. The highest BCUT2D eigenvalue weighted by atomic mass is 35.5. The van der Waals surface area contributed by atoms with Crippen LogP contribution in [0.15, 0.2) is 54.6 Å². The van der Waals surface area contributed by atoms with Crippen molar-refractivity contribution in [1.29, 1.82) is 0 Å². The van der Waals surface area contributed by atoms with E-state index in [1.807, 2.05) is 24.3 Å². The van der Waals surface area contributed by atoms with Crippen LogP contribution in [0.5, 0.6) is 5.75 Å². The molecule has 0 spiro atoms. The number of aromatic hydroxyl groups is 1. The lowest BCUT2D eigenvalue weighted by molar-refractivity contribution is -0.121. The molecule has 1 heterocycles. The van der Waals surface area contributed by atoms with E-state index >= 15 is 0 Å². The number of carbonyl (C=O) groups excluding carboxylic acids is 3. The summed E-state index contributed by atoms with van der Waals surface area (Å²) in [5, 5.41) is 14.9. The fraction of sp³-hybridized carbons (Fsp3) is 0.0952. The number of benzene rings is 3. The lowest BCUT2D eigenvalue weighted by Crippen LogP contribution is -2.28. The monoisotopic (exact) mass is 394 g/mol. The summed E-state index contributed by atoms with van der Waals surface area (Å²) in [5.41, 5.74) is 0.720. The predicted molar refractivity (Wildman–Crippen MR) is 107 cm³/mol. The largest absolute Gasteiger partial charge is 0.506 e. The standard InChI is InChI=1S/C21H15ClN2O4/c22-20-14-4-2-1-3-12(14)5-7-15(20)21(28)23-13-6-8-16(17(25)11-13)24-18(26)9-10-19(24)27/h1-8,11,25H,9-10H2,(H,23,28). The Kier molecular flexibility index (Phi) is 4.49. The number of rotatable bonds is 3. The molecule has 4 rings (SSSR count). The summed E-state index contributed by atoms with van der Waals surface area (Å²) in [7, 11) is 0. The van der Waals surface area contributed by atoms with Gasteiger partial charge in [0.05, 0.1) is 16.3 Å². The van der Waals surface area contributed by atoms with Crippen LogP contribution in [0.25, 0.3) is 10.8 Å². The third-order valence-corrected chi connectivity index (χ3v) is 5.04. The number of carbonyl (C=O) groups is 3. The normalized spacial score (nSPS) is 14.0. The molecular formula is C21H15ClN2O4. The van der Waals surface area contributed by atoms with Crippen molar-refractivity contribution in [2.45, 2.75) is 12.8 Å². The molecule has 1 fully saturated rings. The van der Waals surface area contributed by atoms with E-state index in [1.54, 1.807) is 12.1 Å². The summed E-state index contributed by atoms with van der Waals surface area (Å²) in [6.45, 7) is 0. The van der Waals surface area contributed by atoms with Gasteiger partial charge in [-0.25, -0.2) is 4.90 Å². The summed E-state index contributed by atoms with van der Waals surface area (Å²) in [4.78, 5) is 37.3. The lowest BCUT2D eigenvalue weighted by atomic mass is 10.1. The molecule has 0 saturated carbocycles. The van der Waals surface area contributed by atoms with Gasteiger partial charge < -0.3 is 10.4 Å². The SMILES string of the molecule is O=C(Nc1ccc(N2C(=O)CCC2=O)c(O)c1)c1ccc2ccccc2c1Cl. The molecule has 0 aromatic heterocycles. The van der Waals surface area contributed by atoms with Gasteiger partial charge in [-0.15, -0.1) is 0 Å². The van der Waals surface area contributed by atoms with Crippen molar-refractivity contribution in [1.82, 2.24) is 0 Å². The average molecular weight is 395 g/mol. The van der Waals surface area contributed by atoms with Crippen LogP contribution in [0.1, 0.15) is 23.2 Å². The number of phenols is 1. The summed E-state index contributed by atoms with van der Waals surface area (Å²) in [5.74, 6) is -1.43. The first-order valence-corrected chi connectivity index (χ1v) is 9.01. The van der Waals surface area contributed by atoms with Crippen molar-refractivity contribution in [3.05, 3.63) is 65.2 Å². The average Bonchev–Trinajstić information content (AvgIpc) is 3.01. The van der Waals surface area contributed by atoms with Gasteiger partial charge in [-0.05, 0) is 23.6 Å². The van der Waals surface area contributed by atoms with Crippen molar-refractivity contribution in [2.75, 3.05) is 10.2 Å². The zero-order chi connectivity index (χ0) is 19.8. The highest BCUT2D eigenvalue weighted by Crippen LogP contribution is 2.34. The zero-order valence-electron chi connectivity index (χ0n) is 14.6. The van der Waals surface area contributed by atoms with Crippen LogP contribution >= 0.6 is 11.6 Å². The lowest BCUT2D eigenvalue weighted by Gasteiger charge is -2.16. The van der Waals surface area contributed by atoms with Gasteiger partial charge in [-0.1, -0.05) is 41.9 Å². The number of amides is 3. The predicted octanol–water partition coefficient (Wildman–Crippen LogP) is 4.10. The van der Waals surface area contributed by atoms with Gasteiger partial charge in [0.15, 0.2) is 0 Å². The molecule has 140 valence electrons. The van der Waals surface area contributed by atoms with E-state index in [9.17, 15) is 19.5 Å². The first kappa shape index (κ1) is 18.0. The number of hydrogen-bond donors (Lipinski definition) is 2. The van der Waals surface area contributed by atoms with Crippen molar-refractivity contribution in [3.8, 4) is 5.75 Å². The molecule has 3 amide bonds. The van der Waals surface area contributed by atoms with Crippen molar-refractivity contribution < 1.29 is 19.5 Å². The van der Waals surface area contributed by atoms with E-state index in [0.29, 0.717) is 16.3 Å². The second-order valence-corrected chi connectivity index (χ2v) is 6.81. The topological polar surface area (TPSA) is 86.7 Å². The number of phenolic OH excluding ortho intramolecular Hbond substituents is 1. The Morgan fingerprint density at radius 1 is 1.00 bits per heavy atom. The molecule has 3 aromatic carbocycles. The first-order chi connectivity index (χ1) is 13.5. The summed E-state index contributed by atoms with van der Waals surface area (Å²) >= 11 is 6.39. The Morgan fingerprint density at radius 3 is 2.43 bits per heavy atom. The van der Waals surface area contributed by atoms with Crippen LogP contribution in [0.3, 0.4) is 0 Å². The molecule has 0 radical (unpaired) electrons. The van der Waals surface area contributed by atoms with E-state index in [0.717, 1.165) is 15.7 Å². The van der Waals surface area contributed by atoms with Gasteiger partial charge in [0.2, 0.25) is 11.8 Å². The van der Waals surface area contributed by atoms with Gasteiger partial charge in [0.25, 0.3) is 5.91 Å². The molecule has 3 aromatic rings. The van der Waals surface area contributed by atoms with Crippen LogP contribution in [-0.4, -0.2) is 22.8 Å². The summed E-state index contributed by atoms with van der Waals surface area (Å²) in [6.07, 6.45) is 0.244. The molecule has 0 atom stereocenters. The zero-order valence-corrected chi connectivity index (χ0v) is 15.4. The minimum absolute atomic E-state index is 0.106. The number of anilines is 2. The molecular weight excluding hydrogens is 380 g/mol. The maximum atomic E-state index is 12.6. The van der Waals surface area contributed by atoms with Gasteiger partial charge >= 0.3 is 0 Å². The van der Waals surface area contributed by atoms with E-state index in [4.69, 9.17) is 11.6 Å². The Bertz CT molecular complexity index is 1130. The number of nitrogens with one attached hydrogen (secondary N) is 1.